The van der Waals surface area contributed by atoms with Crippen LogP contribution in [0.25, 0.3) is 27.9 Å². The summed E-state index contributed by atoms with van der Waals surface area (Å²) in [5.41, 5.74) is 2.49. The second-order valence-corrected chi connectivity index (χ2v) is 12.0. The quantitative estimate of drug-likeness (QED) is 0.242. The van der Waals surface area contributed by atoms with Gasteiger partial charge in [-0.1, -0.05) is 54.2 Å². The molecule has 11 heteroatoms. The third kappa shape index (κ3) is 5.12. The second-order valence-electron chi connectivity index (χ2n) is 10.9. The third-order valence-electron chi connectivity index (χ3n) is 8.20. The molecule has 45 heavy (non-hydrogen) atoms. The summed E-state index contributed by atoms with van der Waals surface area (Å²) in [4.78, 5) is 28.2. The smallest absolute Gasteiger partial charge is 0.354 e. The average Bonchev–Trinajstić information content (AvgIpc) is 3.34. The highest BCUT2D eigenvalue weighted by molar-refractivity contribution is 7.99. The number of benzene rings is 3. The Morgan fingerprint density at radius 1 is 0.933 bits per heavy atom. The fraction of sp³-hybridized carbons (Fsp3) is 0.235. The van der Waals surface area contributed by atoms with E-state index in [1.165, 1.54) is 7.11 Å². The van der Waals surface area contributed by atoms with Gasteiger partial charge in [-0.2, -0.15) is 0 Å². The van der Waals surface area contributed by atoms with Crippen LogP contribution in [0.1, 0.15) is 11.1 Å². The molecule has 2 aromatic heterocycles. The summed E-state index contributed by atoms with van der Waals surface area (Å²) in [6.45, 7) is -0.0368. The summed E-state index contributed by atoms with van der Waals surface area (Å²) in [6.07, 6.45) is -2.94. The molecule has 0 saturated carbocycles. The molecular weight excluding hydrogens is 598 g/mol. The van der Waals surface area contributed by atoms with Gasteiger partial charge in [0.05, 0.1) is 5.69 Å². The molecule has 1 aliphatic carbocycles. The molecule has 230 valence electrons. The van der Waals surface area contributed by atoms with Crippen molar-refractivity contribution in [2.75, 3.05) is 13.7 Å². The van der Waals surface area contributed by atoms with Crippen molar-refractivity contribution in [3.8, 4) is 28.4 Å². The molecule has 2 aliphatic rings. The molecule has 1 fully saturated rings. The van der Waals surface area contributed by atoms with Gasteiger partial charge in [-0.05, 0) is 54.8 Å². The first kappa shape index (κ1) is 29.3. The van der Waals surface area contributed by atoms with Gasteiger partial charge in [0.2, 0.25) is 0 Å². The first-order valence-electron chi connectivity index (χ1n) is 14.4. The summed E-state index contributed by atoms with van der Waals surface area (Å²) in [5.74, 6) is 0.0329. The molecule has 0 spiro atoms. The number of aromatic hydroxyl groups is 1. The fourth-order valence-electron chi connectivity index (χ4n) is 5.98. The maximum absolute atomic E-state index is 14.4. The van der Waals surface area contributed by atoms with Crippen LogP contribution in [0.3, 0.4) is 0 Å². The topological polar surface area (TPSA) is 141 Å². The van der Waals surface area contributed by atoms with Crippen molar-refractivity contribution >= 4 is 22.7 Å². The number of aromatic nitrogens is 1. The van der Waals surface area contributed by atoms with Crippen molar-refractivity contribution < 1.29 is 33.9 Å². The molecule has 3 N–H and O–H groups in total. The normalized spacial score (nSPS) is 20.6. The van der Waals surface area contributed by atoms with Crippen LogP contribution in [0.15, 0.2) is 103 Å². The Hall–Kier alpha value is -4.39. The molecule has 7 rings (SSSR count). The second kappa shape index (κ2) is 11.8. The van der Waals surface area contributed by atoms with Crippen LogP contribution < -0.4 is 15.9 Å². The molecule has 1 saturated heterocycles. The van der Waals surface area contributed by atoms with E-state index in [1.54, 1.807) is 41.0 Å². The van der Waals surface area contributed by atoms with Gasteiger partial charge in [0.1, 0.15) is 41.0 Å². The monoisotopic (exact) mass is 627 g/mol. The lowest BCUT2D eigenvalue weighted by molar-refractivity contribution is -0.152. The molecule has 0 radical (unpaired) electrons. The minimum absolute atomic E-state index is 0.0368. The zero-order chi connectivity index (χ0) is 31.2. The number of aliphatic hydroxyl groups is 2. The lowest BCUT2D eigenvalue weighted by Crippen LogP contribution is -2.35. The third-order valence-corrected chi connectivity index (χ3v) is 9.27. The van der Waals surface area contributed by atoms with Gasteiger partial charge in [0, 0.05) is 28.8 Å². The zero-order valence-electron chi connectivity index (χ0n) is 24.1. The molecule has 3 aromatic carbocycles. The summed E-state index contributed by atoms with van der Waals surface area (Å²) in [5, 5.41) is 31.7. The van der Waals surface area contributed by atoms with E-state index in [9.17, 15) is 24.9 Å². The Morgan fingerprint density at radius 2 is 1.67 bits per heavy atom. The number of fused-ring (bicyclic) bond motifs is 5. The molecule has 0 unspecified atom stereocenters. The molecule has 0 bridgehead atoms. The van der Waals surface area contributed by atoms with Crippen LogP contribution in [-0.4, -0.2) is 58.2 Å². The molecule has 10 nitrogen and oxygen atoms in total. The molecule has 5 aromatic rings. The van der Waals surface area contributed by atoms with Crippen molar-refractivity contribution in [2.24, 2.45) is 0 Å². The van der Waals surface area contributed by atoms with Gasteiger partial charge in [-0.3, -0.25) is 9.36 Å². The Balaban J connectivity index is 1.33. The number of aryl methyl sites for hydroxylation is 2. The van der Waals surface area contributed by atoms with E-state index in [4.69, 9.17) is 18.6 Å². The number of hydrogen-bond donors (Lipinski definition) is 3. The van der Waals surface area contributed by atoms with Crippen LogP contribution >= 0.6 is 11.8 Å². The fourth-order valence-corrected chi connectivity index (χ4v) is 6.83. The van der Waals surface area contributed by atoms with Crippen molar-refractivity contribution in [3.63, 3.8) is 0 Å². The number of methoxy groups -OCH3 is 1. The van der Waals surface area contributed by atoms with Gasteiger partial charge in [-0.25, -0.2) is 4.79 Å². The molecule has 3 heterocycles. The van der Waals surface area contributed by atoms with E-state index >= 15 is 0 Å². The summed E-state index contributed by atoms with van der Waals surface area (Å²) >= 11 is 1.04. The van der Waals surface area contributed by atoms with Crippen LogP contribution in [-0.2, 0) is 22.3 Å². The maximum Gasteiger partial charge on any atom is 0.354 e. The number of ether oxygens (including phenoxy) is 3. The van der Waals surface area contributed by atoms with Crippen LogP contribution in [0.5, 0.6) is 11.5 Å². The summed E-state index contributed by atoms with van der Waals surface area (Å²) < 4.78 is 23.8. The Labute approximate surface area is 261 Å². The highest BCUT2D eigenvalue weighted by Gasteiger charge is 2.43. The van der Waals surface area contributed by atoms with E-state index in [1.807, 2.05) is 42.5 Å². The number of pyridine rings is 1. The van der Waals surface area contributed by atoms with E-state index in [0.29, 0.717) is 40.4 Å². The average molecular weight is 628 g/mol. The summed E-state index contributed by atoms with van der Waals surface area (Å²) in [6, 6.07) is 23.7. The lowest BCUT2D eigenvalue weighted by atomic mass is 9.87. The van der Waals surface area contributed by atoms with Crippen molar-refractivity contribution in [1.29, 1.82) is 0 Å². The van der Waals surface area contributed by atoms with E-state index < -0.39 is 41.5 Å². The van der Waals surface area contributed by atoms with Gasteiger partial charge in [-0.15, -0.1) is 0 Å². The predicted octanol–water partition coefficient (Wildman–Crippen LogP) is 4.04. The Bertz CT molecular complexity index is 2010. The highest BCUT2D eigenvalue weighted by atomic mass is 32.2. The van der Waals surface area contributed by atoms with Crippen LogP contribution in [0.2, 0.25) is 0 Å². The van der Waals surface area contributed by atoms with Gasteiger partial charge in [0.15, 0.2) is 17.6 Å². The summed E-state index contributed by atoms with van der Waals surface area (Å²) in [7, 11) is 1.38. The highest BCUT2D eigenvalue weighted by Crippen LogP contribution is 2.41. The number of rotatable bonds is 7. The van der Waals surface area contributed by atoms with Gasteiger partial charge < -0.3 is 33.9 Å². The van der Waals surface area contributed by atoms with Gasteiger partial charge >= 0.3 is 5.63 Å². The minimum Gasteiger partial charge on any atom is -0.505 e. The number of aliphatic hydroxyl groups excluding tert-OH is 2. The maximum atomic E-state index is 14.4. The zero-order valence-corrected chi connectivity index (χ0v) is 24.9. The standard InChI is InChI=1S/C34H29NO9S/c1-41-34-29(38)27(36)24(43-34)17-42-20-14-12-19(13-15-20)35-26-22-10-6-5-7-18(22)11-16-23(26)30-25(32(35)39)28(37)31(33(40)44-30)45-21-8-3-2-4-9-21/h2-10,12-15,24,27,29,34,36-38H,11,16-17H2,1H3/t24-,27-,29-,34-/m1/s1. The molecule has 1 aliphatic heterocycles. The largest absolute Gasteiger partial charge is 0.505 e. The predicted molar refractivity (Wildman–Crippen MR) is 166 cm³/mol. The Morgan fingerprint density at radius 3 is 2.40 bits per heavy atom. The van der Waals surface area contributed by atoms with E-state index in [-0.39, 0.29) is 22.5 Å². The Kier molecular flexibility index (Phi) is 7.72. The van der Waals surface area contributed by atoms with Crippen molar-refractivity contribution in [3.05, 3.63) is 111 Å². The molecule has 0 amide bonds. The van der Waals surface area contributed by atoms with Crippen molar-refractivity contribution in [2.45, 2.75) is 47.2 Å². The van der Waals surface area contributed by atoms with E-state index in [0.717, 1.165) is 22.9 Å². The van der Waals surface area contributed by atoms with Crippen LogP contribution in [0, 0.1) is 0 Å². The first-order valence-corrected chi connectivity index (χ1v) is 15.2. The van der Waals surface area contributed by atoms with Gasteiger partial charge in [0.25, 0.3) is 5.56 Å². The minimum atomic E-state index is -1.19. The SMILES string of the molecule is CO[C@@H]1O[C@H](COc2ccc(-n3c4c(c5oc(=O)c(Sc6ccccc6)c(O)c5c3=O)CCc3ccccc3-4)cc2)[C@@H](O)[C@H]1O. The van der Waals surface area contributed by atoms with Crippen LogP contribution in [0.4, 0.5) is 0 Å². The van der Waals surface area contributed by atoms with E-state index in [2.05, 4.69) is 0 Å². The molecular formula is C34H29NO9S. The van der Waals surface area contributed by atoms with Crippen molar-refractivity contribution in [1.82, 2.24) is 4.57 Å². The lowest BCUT2D eigenvalue weighted by Gasteiger charge is -2.25. The number of nitrogens with zero attached hydrogens (tertiary/aromatic N) is 1. The molecule has 4 atom stereocenters. The number of hydrogen-bond acceptors (Lipinski definition) is 10. The first-order chi connectivity index (χ1) is 21.9.